The quantitative estimate of drug-likeness (QED) is 0.857. The first kappa shape index (κ1) is 14.2. The first-order chi connectivity index (χ1) is 9.22. The Morgan fingerprint density at radius 1 is 1.37 bits per heavy atom. The third-order valence-corrected chi connectivity index (χ3v) is 4.16. The van der Waals surface area contributed by atoms with Gasteiger partial charge in [-0.3, -0.25) is 0 Å². The Morgan fingerprint density at radius 3 is 2.68 bits per heavy atom. The van der Waals surface area contributed by atoms with Crippen LogP contribution in [0.2, 0.25) is 0 Å². The van der Waals surface area contributed by atoms with Gasteiger partial charge in [0.1, 0.15) is 0 Å². The highest BCUT2D eigenvalue weighted by atomic mass is 16.5. The third kappa shape index (κ3) is 3.01. The lowest BCUT2D eigenvalue weighted by atomic mass is 9.79. The molecule has 19 heavy (non-hydrogen) atoms. The molecule has 0 aliphatic carbocycles. The van der Waals surface area contributed by atoms with Crippen molar-refractivity contribution in [3.8, 4) is 11.5 Å². The second-order valence-electron chi connectivity index (χ2n) is 5.08. The summed E-state index contributed by atoms with van der Waals surface area (Å²) < 4.78 is 16.7. The molecule has 1 heterocycles. The van der Waals surface area contributed by atoms with Crippen molar-refractivity contribution in [2.24, 2.45) is 11.1 Å². The van der Waals surface area contributed by atoms with Gasteiger partial charge in [0, 0.05) is 18.6 Å². The summed E-state index contributed by atoms with van der Waals surface area (Å²) in [6.45, 7) is 4.17. The van der Waals surface area contributed by atoms with Crippen molar-refractivity contribution in [2.75, 3.05) is 26.9 Å². The van der Waals surface area contributed by atoms with Gasteiger partial charge in [-0.1, -0.05) is 12.1 Å². The Balaban J connectivity index is 1.92. The second kappa shape index (κ2) is 6.26. The largest absolute Gasteiger partial charge is 0.493 e. The molecular weight excluding hydrogens is 242 g/mol. The molecule has 1 saturated heterocycles. The van der Waals surface area contributed by atoms with Crippen molar-refractivity contribution in [2.45, 2.75) is 25.9 Å². The normalized spacial score (nSPS) is 26.4. The zero-order chi connectivity index (χ0) is 13.7. The van der Waals surface area contributed by atoms with E-state index in [0.717, 1.165) is 30.9 Å². The number of para-hydroxylation sites is 2. The van der Waals surface area contributed by atoms with Crippen LogP contribution in [0.1, 0.15) is 19.8 Å². The fraction of sp³-hybridized carbons (Fsp3) is 0.600. The summed E-state index contributed by atoms with van der Waals surface area (Å²) in [5, 5.41) is 0. The van der Waals surface area contributed by atoms with Crippen LogP contribution in [0, 0.1) is 5.41 Å². The van der Waals surface area contributed by atoms with E-state index in [-0.39, 0.29) is 11.5 Å². The zero-order valence-electron chi connectivity index (χ0n) is 11.7. The monoisotopic (exact) mass is 265 g/mol. The van der Waals surface area contributed by atoms with E-state index in [1.165, 1.54) is 0 Å². The molecule has 0 aromatic heterocycles. The standard InChI is InChI=1S/C15H23NO3/c1-12-15(11-16,7-9-18-12)8-10-19-14-6-4-3-5-13(14)17-2/h3-6,12H,7-11,16H2,1-2H3. The number of rotatable bonds is 6. The number of methoxy groups -OCH3 is 1. The van der Waals surface area contributed by atoms with Gasteiger partial charge in [0.2, 0.25) is 0 Å². The van der Waals surface area contributed by atoms with E-state index in [0.29, 0.717) is 13.2 Å². The molecule has 0 amide bonds. The topological polar surface area (TPSA) is 53.7 Å². The predicted octanol–water partition coefficient (Wildman–Crippen LogP) is 2.22. The smallest absolute Gasteiger partial charge is 0.161 e. The summed E-state index contributed by atoms with van der Waals surface area (Å²) in [5.41, 5.74) is 5.99. The molecule has 2 atom stereocenters. The zero-order valence-corrected chi connectivity index (χ0v) is 11.7. The second-order valence-corrected chi connectivity index (χ2v) is 5.08. The molecule has 1 aliphatic heterocycles. The molecule has 2 N–H and O–H groups in total. The van der Waals surface area contributed by atoms with E-state index in [9.17, 15) is 0 Å². The minimum absolute atomic E-state index is 0.0576. The van der Waals surface area contributed by atoms with Gasteiger partial charge in [-0.15, -0.1) is 0 Å². The summed E-state index contributed by atoms with van der Waals surface area (Å²) in [4.78, 5) is 0. The molecule has 4 nitrogen and oxygen atoms in total. The van der Waals surface area contributed by atoms with Crippen LogP contribution in [-0.4, -0.2) is 33.0 Å². The third-order valence-electron chi connectivity index (χ3n) is 4.16. The number of benzene rings is 1. The SMILES string of the molecule is COc1ccccc1OCCC1(CN)CCOC1C. The minimum atomic E-state index is 0.0576. The fourth-order valence-corrected chi connectivity index (χ4v) is 2.62. The summed E-state index contributed by atoms with van der Waals surface area (Å²) in [5.74, 6) is 1.55. The summed E-state index contributed by atoms with van der Waals surface area (Å²) in [6.07, 6.45) is 2.13. The lowest BCUT2D eigenvalue weighted by molar-refractivity contribution is 0.0549. The molecule has 1 aliphatic rings. The Bertz CT molecular complexity index is 410. The van der Waals surface area contributed by atoms with Crippen molar-refractivity contribution < 1.29 is 14.2 Å². The summed E-state index contributed by atoms with van der Waals surface area (Å²) in [6, 6.07) is 7.69. The number of nitrogens with two attached hydrogens (primary N) is 1. The minimum Gasteiger partial charge on any atom is -0.493 e. The Hall–Kier alpha value is -1.26. The first-order valence-corrected chi connectivity index (χ1v) is 6.79. The maximum absolute atomic E-state index is 5.93. The van der Waals surface area contributed by atoms with Crippen molar-refractivity contribution in [1.29, 1.82) is 0 Å². The highest BCUT2D eigenvalue weighted by Gasteiger charge is 2.40. The maximum Gasteiger partial charge on any atom is 0.161 e. The van der Waals surface area contributed by atoms with E-state index in [2.05, 4.69) is 6.92 Å². The highest BCUT2D eigenvalue weighted by molar-refractivity contribution is 5.39. The van der Waals surface area contributed by atoms with Crippen LogP contribution < -0.4 is 15.2 Å². The van der Waals surface area contributed by atoms with Gasteiger partial charge < -0.3 is 19.9 Å². The van der Waals surface area contributed by atoms with E-state index >= 15 is 0 Å². The first-order valence-electron chi connectivity index (χ1n) is 6.79. The molecule has 106 valence electrons. The van der Waals surface area contributed by atoms with Crippen LogP contribution >= 0.6 is 0 Å². The van der Waals surface area contributed by atoms with Crippen LogP contribution in [0.5, 0.6) is 11.5 Å². The molecule has 4 heteroatoms. The molecular formula is C15H23NO3. The van der Waals surface area contributed by atoms with Gasteiger partial charge in [-0.25, -0.2) is 0 Å². The molecule has 0 bridgehead atoms. The van der Waals surface area contributed by atoms with Crippen molar-refractivity contribution in [3.05, 3.63) is 24.3 Å². The molecule has 2 rings (SSSR count). The summed E-state index contributed by atoms with van der Waals surface area (Å²) in [7, 11) is 1.65. The average molecular weight is 265 g/mol. The molecule has 0 radical (unpaired) electrons. The average Bonchev–Trinajstić information content (AvgIpc) is 2.81. The van der Waals surface area contributed by atoms with E-state index in [1.807, 2.05) is 24.3 Å². The highest BCUT2D eigenvalue weighted by Crippen LogP contribution is 2.37. The maximum atomic E-state index is 5.93. The van der Waals surface area contributed by atoms with Gasteiger partial charge in [0.25, 0.3) is 0 Å². The van der Waals surface area contributed by atoms with Gasteiger partial charge in [-0.2, -0.15) is 0 Å². The van der Waals surface area contributed by atoms with E-state index in [4.69, 9.17) is 19.9 Å². The summed E-state index contributed by atoms with van der Waals surface area (Å²) >= 11 is 0. The van der Waals surface area contributed by atoms with Gasteiger partial charge in [0.05, 0.1) is 19.8 Å². The molecule has 1 fully saturated rings. The van der Waals surface area contributed by atoms with E-state index < -0.39 is 0 Å². The number of ether oxygens (including phenoxy) is 3. The van der Waals surface area contributed by atoms with Crippen LogP contribution in [-0.2, 0) is 4.74 Å². The molecule has 1 aromatic rings. The van der Waals surface area contributed by atoms with Crippen LogP contribution in [0.15, 0.2) is 24.3 Å². The predicted molar refractivity (Wildman–Crippen MR) is 74.6 cm³/mol. The number of hydrogen-bond donors (Lipinski definition) is 1. The van der Waals surface area contributed by atoms with Crippen molar-refractivity contribution in [1.82, 2.24) is 0 Å². The fourth-order valence-electron chi connectivity index (χ4n) is 2.62. The molecule has 0 spiro atoms. The Labute approximate surface area is 114 Å². The van der Waals surface area contributed by atoms with Gasteiger partial charge in [-0.05, 0) is 31.9 Å². The van der Waals surface area contributed by atoms with Crippen LogP contribution in [0.25, 0.3) is 0 Å². The van der Waals surface area contributed by atoms with Crippen LogP contribution in [0.4, 0.5) is 0 Å². The molecule has 2 unspecified atom stereocenters. The van der Waals surface area contributed by atoms with Crippen molar-refractivity contribution >= 4 is 0 Å². The lowest BCUT2D eigenvalue weighted by Crippen LogP contribution is -2.38. The van der Waals surface area contributed by atoms with Crippen LogP contribution in [0.3, 0.4) is 0 Å². The van der Waals surface area contributed by atoms with Gasteiger partial charge >= 0.3 is 0 Å². The Kier molecular flexibility index (Phi) is 4.66. The number of hydrogen-bond acceptors (Lipinski definition) is 4. The van der Waals surface area contributed by atoms with E-state index in [1.54, 1.807) is 7.11 Å². The molecule has 1 aromatic carbocycles. The Morgan fingerprint density at radius 2 is 2.11 bits per heavy atom. The lowest BCUT2D eigenvalue weighted by Gasteiger charge is -2.30. The molecule has 0 saturated carbocycles. The van der Waals surface area contributed by atoms with Crippen molar-refractivity contribution in [3.63, 3.8) is 0 Å². The van der Waals surface area contributed by atoms with Gasteiger partial charge in [0.15, 0.2) is 11.5 Å².